The van der Waals surface area contributed by atoms with Gasteiger partial charge in [0, 0.05) is 23.4 Å². The highest BCUT2D eigenvalue weighted by molar-refractivity contribution is 9.10. The fourth-order valence-electron chi connectivity index (χ4n) is 2.13. The number of hydrogen-bond acceptors (Lipinski definition) is 3. The molecule has 0 aliphatic carbocycles. The van der Waals surface area contributed by atoms with Crippen LogP contribution in [0.4, 0.5) is 0 Å². The molecule has 0 amide bonds. The van der Waals surface area contributed by atoms with E-state index in [1.54, 1.807) is 0 Å². The molecule has 0 saturated heterocycles. The third kappa shape index (κ3) is 2.94. The lowest BCUT2D eigenvalue weighted by molar-refractivity contribution is 0.649. The van der Waals surface area contributed by atoms with Gasteiger partial charge in [0.15, 0.2) is 5.82 Å². The predicted octanol–water partition coefficient (Wildman–Crippen LogP) is 3.44. The van der Waals surface area contributed by atoms with Crippen molar-refractivity contribution < 1.29 is 0 Å². The van der Waals surface area contributed by atoms with E-state index >= 15 is 0 Å². The molecule has 1 heterocycles. The van der Waals surface area contributed by atoms with Crippen molar-refractivity contribution in [2.24, 2.45) is 0 Å². The van der Waals surface area contributed by atoms with Crippen LogP contribution in [0.1, 0.15) is 44.0 Å². The van der Waals surface area contributed by atoms with Gasteiger partial charge in [0.2, 0.25) is 0 Å². The molecule has 0 fully saturated rings. The summed E-state index contributed by atoms with van der Waals surface area (Å²) in [6.07, 6.45) is 1.73. The molecule has 1 aromatic carbocycles. The summed E-state index contributed by atoms with van der Waals surface area (Å²) >= 11 is 3.65. The topological polar surface area (TPSA) is 42.7 Å². The third-order valence-corrected chi connectivity index (χ3v) is 4.17. The first kappa shape index (κ1) is 15.2. The number of nitrogens with zero attached hydrogens (tertiary/aromatic N) is 3. The number of nitrogens with one attached hydrogen (secondary N) is 1. The summed E-state index contributed by atoms with van der Waals surface area (Å²) in [5.41, 5.74) is 2.29. The normalized spacial score (nSPS) is 12.7. The van der Waals surface area contributed by atoms with Gasteiger partial charge >= 0.3 is 0 Å². The maximum absolute atomic E-state index is 4.57. The van der Waals surface area contributed by atoms with E-state index in [0.717, 1.165) is 34.7 Å². The maximum Gasteiger partial charge on any atom is 0.151 e. The van der Waals surface area contributed by atoms with E-state index in [4.69, 9.17) is 0 Å². The Kier molecular flexibility index (Phi) is 4.94. The molecule has 0 saturated carbocycles. The van der Waals surface area contributed by atoms with Gasteiger partial charge in [0.1, 0.15) is 5.82 Å². The van der Waals surface area contributed by atoms with Crippen LogP contribution in [-0.4, -0.2) is 21.8 Å². The van der Waals surface area contributed by atoms with E-state index in [9.17, 15) is 0 Å². The minimum Gasteiger partial charge on any atom is -0.313 e. The molecular weight excluding hydrogens is 316 g/mol. The Morgan fingerprint density at radius 3 is 2.60 bits per heavy atom. The molecule has 1 N–H and O–H groups in total. The van der Waals surface area contributed by atoms with Gasteiger partial charge in [-0.25, -0.2) is 9.67 Å². The zero-order chi connectivity index (χ0) is 14.7. The first-order valence-corrected chi connectivity index (χ1v) is 7.81. The van der Waals surface area contributed by atoms with Gasteiger partial charge in [-0.1, -0.05) is 35.8 Å². The minimum atomic E-state index is 0.311. The van der Waals surface area contributed by atoms with Crippen molar-refractivity contribution in [1.82, 2.24) is 20.1 Å². The molecule has 4 nitrogen and oxygen atoms in total. The minimum absolute atomic E-state index is 0.311. The average molecular weight is 337 g/mol. The van der Waals surface area contributed by atoms with Crippen LogP contribution in [-0.2, 0) is 12.8 Å². The molecule has 108 valence electrons. The number of rotatable bonds is 5. The molecule has 2 rings (SSSR count). The first-order valence-electron chi connectivity index (χ1n) is 7.02. The van der Waals surface area contributed by atoms with Crippen molar-refractivity contribution in [3.63, 3.8) is 0 Å². The number of halogens is 1. The molecule has 0 spiro atoms. The summed E-state index contributed by atoms with van der Waals surface area (Å²) in [7, 11) is 1.96. The van der Waals surface area contributed by atoms with Crippen LogP contribution in [0.5, 0.6) is 0 Å². The van der Waals surface area contributed by atoms with Crippen molar-refractivity contribution in [2.45, 2.75) is 39.7 Å². The van der Waals surface area contributed by atoms with E-state index < -0.39 is 0 Å². The van der Waals surface area contributed by atoms with E-state index in [-0.39, 0.29) is 0 Å². The number of benzene rings is 1. The monoisotopic (exact) mass is 336 g/mol. The second-order valence-corrected chi connectivity index (χ2v) is 5.63. The lowest BCUT2D eigenvalue weighted by Crippen LogP contribution is -2.13. The predicted molar refractivity (Wildman–Crippen MR) is 85.3 cm³/mol. The summed E-state index contributed by atoms with van der Waals surface area (Å²) in [5.74, 6) is 1.90. The van der Waals surface area contributed by atoms with Crippen molar-refractivity contribution in [3.8, 4) is 5.69 Å². The molecule has 0 radical (unpaired) electrons. The SMILES string of the molecule is CCc1nc(CC)n(-c2ccc(C(C)NC)c(Br)c2)n1. The van der Waals surface area contributed by atoms with Gasteiger partial charge in [0.05, 0.1) is 5.69 Å². The molecule has 0 aliphatic rings. The Morgan fingerprint density at radius 1 is 1.30 bits per heavy atom. The van der Waals surface area contributed by atoms with Crippen molar-refractivity contribution in [3.05, 3.63) is 39.9 Å². The Hall–Kier alpha value is -1.20. The lowest BCUT2D eigenvalue weighted by Gasteiger charge is -2.14. The van der Waals surface area contributed by atoms with Crippen LogP contribution >= 0.6 is 15.9 Å². The largest absolute Gasteiger partial charge is 0.313 e. The zero-order valence-corrected chi connectivity index (χ0v) is 14.0. The van der Waals surface area contributed by atoms with Gasteiger partial charge in [-0.2, -0.15) is 5.10 Å². The maximum atomic E-state index is 4.57. The van der Waals surface area contributed by atoms with Crippen LogP contribution in [0.2, 0.25) is 0 Å². The second kappa shape index (κ2) is 6.50. The van der Waals surface area contributed by atoms with E-state index in [0.29, 0.717) is 6.04 Å². The summed E-state index contributed by atoms with van der Waals surface area (Å²) in [4.78, 5) is 4.55. The average Bonchev–Trinajstić information content (AvgIpc) is 2.89. The molecule has 0 bridgehead atoms. The van der Waals surface area contributed by atoms with Gasteiger partial charge < -0.3 is 5.32 Å². The highest BCUT2D eigenvalue weighted by Crippen LogP contribution is 2.26. The highest BCUT2D eigenvalue weighted by atomic mass is 79.9. The second-order valence-electron chi connectivity index (χ2n) is 4.78. The molecule has 5 heteroatoms. The standard InChI is InChI=1S/C15H21BrN4/c1-5-14-18-15(6-2)20(19-14)11-7-8-12(10(3)17-4)13(16)9-11/h7-10,17H,5-6H2,1-4H3. The molecule has 2 aromatic rings. The van der Waals surface area contributed by atoms with Crippen LogP contribution in [0.15, 0.2) is 22.7 Å². The Labute approximate surface area is 128 Å². The van der Waals surface area contributed by atoms with Crippen molar-refractivity contribution >= 4 is 15.9 Å². The first-order chi connectivity index (χ1) is 9.60. The number of aromatic nitrogens is 3. The summed E-state index contributed by atoms with van der Waals surface area (Å²) in [6.45, 7) is 6.32. The van der Waals surface area contributed by atoms with Gasteiger partial charge in [-0.05, 0) is 31.7 Å². The van der Waals surface area contributed by atoms with E-state index in [2.05, 4.69) is 70.3 Å². The van der Waals surface area contributed by atoms with E-state index in [1.807, 2.05) is 11.7 Å². The summed E-state index contributed by atoms with van der Waals surface area (Å²) in [6, 6.07) is 6.65. The number of aryl methyl sites for hydroxylation is 2. The van der Waals surface area contributed by atoms with E-state index in [1.165, 1.54) is 5.56 Å². The molecule has 20 heavy (non-hydrogen) atoms. The number of hydrogen-bond donors (Lipinski definition) is 1. The van der Waals surface area contributed by atoms with Crippen LogP contribution in [0, 0.1) is 0 Å². The van der Waals surface area contributed by atoms with Gasteiger partial charge in [0.25, 0.3) is 0 Å². The van der Waals surface area contributed by atoms with Crippen LogP contribution in [0.3, 0.4) is 0 Å². The highest BCUT2D eigenvalue weighted by Gasteiger charge is 2.12. The van der Waals surface area contributed by atoms with Crippen LogP contribution < -0.4 is 5.32 Å². The van der Waals surface area contributed by atoms with Crippen molar-refractivity contribution in [1.29, 1.82) is 0 Å². The van der Waals surface area contributed by atoms with Crippen LogP contribution in [0.25, 0.3) is 5.69 Å². The fraction of sp³-hybridized carbons (Fsp3) is 0.467. The summed E-state index contributed by atoms with van der Waals surface area (Å²) in [5, 5.41) is 7.83. The smallest absolute Gasteiger partial charge is 0.151 e. The summed E-state index contributed by atoms with van der Waals surface area (Å²) < 4.78 is 3.03. The van der Waals surface area contributed by atoms with Crippen molar-refractivity contribution in [2.75, 3.05) is 7.05 Å². The lowest BCUT2D eigenvalue weighted by atomic mass is 10.1. The van der Waals surface area contributed by atoms with Gasteiger partial charge in [-0.3, -0.25) is 0 Å². The molecular formula is C15H21BrN4. The third-order valence-electron chi connectivity index (χ3n) is 3.48. The Bertz CT molecular complexity index is 592. The molecule has 1 unspecified atom stereocenters. The van der Waals surface area contributed by atoms with Gasteiger partial charge in [-0.15, -0.1) is 0 Å². The molecule has 1 aromatic heterocycles. The molecule has 1 atom stereocenters. The fourth-order valence-corrected chi connectivity index (χ4v) is 2.84. The Balaban J connectivity index is 2.43. The zero-order valence-electron chi connectivity index (χ0n) is 12.4. The Morgan fingerprint density at radius 2 is 2.05 bits per heavy atom. The quantitative estimate of drug-likeness (QED) is 0.909. The molecule has 0 aliphatic heterocycles.